The average Bonchev–Trinajstić information content (AvgIpc) is 2.78. The maximum absolute atomic E-state index is 8.89. The van der Waals surface area contributed by atoms with Gasteiger partial charge in [0.05, 0.1) is 26.2 Å². The molecule has 0 bridgehead atoms. The van der Waals surface area contributed by atoms with Crippen molar-refractivity contribution in [2.75, 3.05) is 26.2 Å². The van der Waals surface area contributed by atoms with E-state index in [1.807, 2.05) is 0 Å². The Bertz CT molecular complexity index is 318. The van der Waals surface area contributed by atoms with E-state index in [9.17, 15) is 0 Å². The van der Waals surface area contributed by atoms with Gasteiger partial charge in [0, 0.05) is 5.97 Å². The van der Waals surface area contributed by atoms with Crippen molar-refractivity contribution in [2.45, 2.75) is 163 Å². The molecule has 0 fully saturated rings. The first-order valence-electron chi connectivity index (χ1n) is 15.0. The zero-order valence-electron chi connectivity index (χ0n) is 23.7. The molecule has 0 amide bonds. The molecule has 200 valence electrons. The van der Waals surface area contributed by atoms with E-state index in [2.05, 4.69) is 27.7 Å². The van der Waals surface area contributed by atoms with Gasteiger partial charge in [-0.25, -0.2) is 0 Å². The number of aliphatic carboxylic acids is 1. The lowest BCUT2D eigenvalue weighted by Gasteiger charge is -2.39. The summed E-state index contributed by atoms with van der Waals surface area (Å²) in [6, 6.07) is 0. The van der Waals surface area contributed by atoms with E-state index in [1.165, 1.54) is 159 Å². The standard InChI is InChI=1S/C28H60N.C2H4O2/c1-5-9-13-17-21-25-29(26-22-18-14-10-6-2,27-23-19-15-11-7-3)28-24-20-16-12-8-4;1-2(3)4/h5-28H2,1-4H3;1H3,(H,3,4)/q+1;/p-1. The zero-order chi connectivity index (χ0) is 25.0. The number of unbranched alkanes of at least 4 members (excludes halogenated alkanes) is 16. The van der Waals surface area contributed by atoms with E-state index in [0.717, 1.165) is 6.92 Å². The minimum atomic E-state index is -1.08. The van der Waals surface area contributed by atoms with E-state index in [1.54, 1.807) is 0 Å². The van der Waals surface area contributed by atoms with Crippen LogP contribution in [0.2, 0.25) is 0 Å². The van der Waals surface area contributed by atoms with Crippen LogP contribution in [-0.2, 0) is 4.79 Å². The van der Waals surface area contributed by atoms with Crippen LogP contribution in [0.5, 0.6) is 0 Å². The SMILES string of the molecule is CC(=O)[O-].CCCCCCC[N+](CCCCCCC)(CCCCCCC)CCCCCCC. The van der Waals surface area contributed by atoms with Crippen LogP contribution in [0.15, 0.2) is 0 Å². The van der Waals surface area contributed by atoms with Gasteiger partial charge in [-0.2, -0.15) is 0 Å². The average molecular weight is 470 g/mol. The van der Waals surface area contributed by atoms with E-state index >= 15 is 0 Å². The quantitative estimate of drug-likeness (QED) is 0.105. The molecule has 0 N–H and O–H groups in total. The number of carbonyl (C=O) groups is 1. The fraction of sp³-hybridized carbons (Fsp3) is 0.967. The smallest absolute Gasteiger partial charge is 0.0786 e. The summed E-state index contributed by atoms with van der Waals surface area (Å²) < 4.78 is 1.47. The number of carboxylic acids is 1. The summed E-state index contributed by atoms with van der Waals surface area (Å²) >= 11 is 0. The summed E-state index contributed by atoms with van der Waals surface area (Å²) in [5.41, 5.74) is 0. The van der Waals surface area contributed by atoms with Gasteiger partial charge in [0.1, 0.15) is 0 Å². The Kier molecular flexibility index (Phi) is 29.0. The van der Waals surface area contributed by atoms with Crippen molar-refractivity contribution in [1.82, 2.24) is 0 Å². The fourth-order valence-corrected chi connectivity index (χ4v) is 4.87. The summed E-state index contributed by atoms with van der Waals surface area (Å²) in [5.74, 6) is -1.08. The third kappa shape index (κ3) is 27.6. The zero-order valence-corrected chi connectivity index (χ0v) is 23.7. The molecule has 0 aromatic rings. The van der Waals surface area contributed by atoms with Gasteiger partial charge in [0.2, 0.25) is 0 Å². The minimum absolute atomic E-state index is 0.972. The number of carboxylic acid groups (broad SMARTS) is 1. The van der Waals surface area contributed by atoms with Gasteiger partial charge in [-0.3, -0.25) is 0 Å². The lowest BCUT2D eigenvalue weighted by molar-refractivity contribution is -0.929. The summed E-state index contributed by atoms with van der Waals surface area (Å²) in [4.78, 5) is 8.89. The summed E-state index contributed by atoms with van der Waals surface area (Å²) in [6.45, 7) is 16.2. The topological polar surface area (TPSA) is 40.1 Å². The van der Waals surface area contributed by atoms with Gasteiger partial charge in [0.15, 0.2) is 0 Å². The molecular weight excluding hydrogens is 406 g/mol. The number of rotatable bonds is 24. The summed E-state index contributed by atoms with van der Waals surface area (Å²) in [5, 5.41) is 8.89. The highest BCUT2D eigenvalue weighted by Gasteiger charge is 2.25. The third-order valence-corrected chi connectivity index (χ3v) is 6.94. The second-order valence-electron chi connectivity index (χ2n) is 10.4. The Labute approximate surface area is 209 Å². The molecule has 33 heavy (non-hydrogen) atoms. The first-order valence-corrected chi connectivity index (χ1v) is 15.0. The molecular formula is C30H63NO2. The lowest BCUT2D eigenvalue weighted by Crippen LogP contribution is -2.50. The van der Waals surface area contributed by atoms with E-state index in [-0.39, 0.29) is 0 Å². The van der Waals surface area contributed by atoms with Gasteiger partial charge < -0.3 is 14.4 Å². The summed E-state index contributed by atoms with van der Waals surface area (Å²) in [7, 11) is 0. The second kappa shape index (κ2) is 27.7. The molecule has 3 heteroatoms. The molecule has 0 aromatic heterocycles. The molecule has 0 saturated heterocycles. The summed E-state index contributed by atoms with van der Waals surface area (Å²) in [6.07, 6.45) is 28.8. The molecule has 0 rings (SSSR count). The van der Waals surface area contributed by atoms with Crippen molar-refractivity contribution in [3.05, 3.63) is 0 Å². The van der Waals surface area contributed by atoms with E-state index in [4.69, 9.17) is 9.90 Å². The van der Waals surface area contributed by atoms with Crippen LogP contribution in [-0.4, -0.2) is 36.6 Å². The molecule has 0 heterocycles. The highest BCUT2D eigenvalue weighted by molar-refractivity contribution is 5.60. The molecule has 0 saturated carbocycles. The largest absolute Gasteiger partial charge is 0.550 e. The van der Waals surface area contributed by atoms with Crippen LogP contribution >= 0.6 is 0 Å². The van der Waals surface area contributed by atoms with E-state index in [0.29, 0.717) is 0 Å². The molecule has 0 aliphatic rings. The van der Waals surface area contributed by atoms with Gasteiger partial charge in [-0.15, -0.1) is 0 Å². The van der Waals surface area contributed by atoms with Gasteiger partial charge in [-0.05, 0) is 58.3 Å². The molecule has 0 radical (unpaired) electrons. The first-order chi connectivity index (χ1) is 16.0. The van der Waals surface area contributed by atoms with Crippen LogP contribution < -0.4 is 5.11 Å². The molecule has 0 spiro atoms. The lowest BCUT2D eigenvalue weighted by atomic mass is 10.1. The van der Waals surface area contributed by atoms with Crippen molar-refractivity contribution in [3.63, 3.8) is 0 Å². The van der Waals surface area contributed by atoms with Crippen LogP contribution in [0.1, 0.15) is 163 Å². The highest BCUT2D eigenvalue weighted by Crippen LogP contribution is 2.20. The van der Waals surface area contributed by atoms with Crippen LogP contribution in [0, 0.1) is 0 Å². The molecule has 0 atom stereocenters. The Morgan fingerprint density at radius 1 is 0.455 bits per heavy atom. The van der Waals surface area contributed by atoms with Crippen LogP contribution in [0.3, 0.4) is 0 Å². The van der Waals surface area contributed by atoms with Crippen molar-refractivity contribution in [2.24, 2.45) is 0 Å². The van der Waals surface area contributed by atoms with E-state index < -0.39 is 5.97 Å². The van der Waals surface area contributed by atoms with Crippen molar-refractivity contribution in [1.29, 1.82) is 0 Å². The Morgan fingerprint density at radius 2 is 0.636 bits per heavy atom. The van der Waals surface area contributed by atoms with Crippen molar-refractivity contribution in [3.8, 4) is 0 Å². The van der Waals surface area contributed by atoms with Crippen molar-refractivity contribution >= 4 is 5.97 Å². The Hall–Kier alpha value is -0.570. The maximum Gasteiger partial charge on any atom is 0.0786 e. The second-order valence-corrected chi connectivity index (χ2v) is 10.4. The Morgan fingerprint density at radius 3 is 0.818 bits per heavy atom. The van der Waals surface area contributed by atoms with Gasteiger partial charge in [0.25, 0.3) is 0 Å². The van der Waals surface area contributed by atoms with Gasteiger partial charge in [-0.1, -0.05) is 105 Å². The predicted octanol–water partition coefficient (Wildman–Crippen LogP) is 8.44. The number of hydrogen-bond acceptors (Lipinski definition) is 2. The number of quaternary nitrogens is 1. The molecule has 0 aromatic carbocycles. The Balaban J connectivity index is 0. The molecule has 0 aliphatic carbocycles. The molecule has 0 aliphatic heterocycles. The van der Waals surface area contributed by atoms with Gasteiger partial charge >= 0.3 is 0 Å². The first kappa shape index (κ1) is 34.6. The number of carbonyl (C=O) groups excluding carboxylic acids is 1. The van der Waals surface area contributed by atoms with Crippen molar-refractivity contribution < 1.29 is 14.4 Å². The maximum atomic E-state index is 8.89. The highest BCUT2D eigenvalue weighted by atomic mass is 16.4. The number of nitrogens with zero attached hydrogens (tertiary/aromatic N) is 1. The number of hydrogen-bond donors (Lipinski definition) is 0. The normalized spacial score (nSPS) is 11.3. The third-order valence-electron chi connectivity index (χ3n) is 6.94. The fourth-order valence-electron chi connectivity index (χ4n) is 4.87. The monoisotopic (exact) mass is 469 g/mol. The van der Waals surface area contributed by atoms with Crippen LogP contribution in [0.4, 0.5) is 0 Å². The molecule has 0 unspecified atom stereocenters. The van der Waals surface area contributed by atoms with Crippen LogP contribution in [0.25, 0.3) is 0 Å². The minimum Gasteiger partial charge on any atom is -0.550 e. The molecule has 3 nitrogen and oxygen atoms in total. The predicted molar refractivity (Wildman–Crippen MR) is 145 cm³/mol.